The van der Waals surface area contributed by atoms with E-state index >= 15 is 0 Å². The molecular weight excluding hydrogens is 309 g/mol. The maximum Gasteiger partial charge on any atom is 0.189 e. The van der Waals surface area contributed by atoms with Crippen LogP contribution in [0, 0.1) is 5.82 Å². The van der Waals surface area contributed by atoms with Gasteiger partial charge in [-0.3, -0.25) is 0 Å². The summed E-state index contributed by atoms with van der Waals surface area (Å²) in [5.74, 6) is -0.968. The van der Waals surface area contributed by atoms with Gasteiger partial charge in [-0.2, -0.15) is 0 Å². The van der Waals surface area contributed by atoms with E-state index in [9.17, 15) is 9.50 Å². The van der Waals surface area contributed by atoms with Gasteiger partial charge in [0, 0.05) is 23.3 Å². The van der Waals surface area contributed by atoms with E-state index in [1.165, 1.54) is 20.0 Å². The number of nitrogen functional groups attached to an aromatic ring is 1. The summed E-state index contributed by atoms with van der Waals surface area (Å²) in [6.07, 6.45) is 3.14. The fourth-order valence-corrected chi connectivity index (χ4v) is 2.31. The molecule has 22 heavy (non-hydrogen) atoms. The van der Waals surface area contributed by atoms with Crippen molar-refractivity contribution in [3.8, 4) is 11.4 Å². The van der Waals surface area contributed by atoms with E-state index in [2.05, 4.69) is 19.9 Å². The van der Waals surface area contributed by atoms with E-state index < -0.39 is 11.4 Å². The summed E-state index contributed by atoms with van der Waals surface area (Å²) in [7, 11) is 0. The van der Waals surface area contributed by atoms with Crippen LogP contribution in [0.15, 0.2) is 18.5 Å². The number of nitrogens with two attached hydrogens (primary N) is 1. The van der Waals surface area contributed by atoms with E-state index in [-0.39, 0.29) is 17.3 Å². The van der Waals surface area contributed by atoms with Gasteiger partial charge in [0.15, 0.2) is 17.5 Å². The molecule has 0 unspecified atom stereocenters. The number of anilines is 1. The van der Waals surface area contributed by atoms with Crippen molar-refractivity contribution in [1.29, 1.82) is 0 Å². The van der Waals surface area contributed by atoms with Crippen molar-refractivity contribution >= 4 is 28.5 Å². The number of hydrogen-bond donors (Lipinski definition) is 3. The van der Waals surface area contributed by atoms with Crippen LogP contribution in [0.4, 0.5) is 10.2 Å². The summed E-state index contributed by atoms with van der Waals surface area (Å²) in [5, 5.41) is 11.2. The van der Waals surface area contributed by atoms with Gasteiger partial charge in [-0.1, -0.05) is 11.6 Å². The molecule has 0 aliphatic carbocycles. The number of nitrogens with zero attached hydrogens (tertiary/aromatic N) is 3. The second-order valence-electron chi connectivity index (χ2n) is 5.41. The number of nitrogens with one attached hydrogen (secondary N) is 1. The summed E-state index contributed by atoms with van der Waals surface area (Å²) in [5.41, 5.74) is 5.12. The minimum absolute atomic E-state index is 0.167. The van der Waals surface area contributed by atoms with Crippen molar-refractivity contribution in [2.45, 2.75) is 19.4 Å². The Bertz CT molecular complexity index is 872. The quantitative estimate of drug-likeness (QED) is 0.673. The number of halogens is 2. The Morgan fingerprint density at radius 2 is 2.09 bits per heavy atom. The van der Waals surface area contributed by atoms with Crippen molar-refractivity contribution < 1.29 is 9.50 Å². The molecule has 114 valence electrons. The smallest absolute Gasteiger partial charge is 0.189 e. The van der Waals surface area contributed by atoms with Gasteiger partial charge in [0.2, 0.25) is 0 Å². The van der Waals surface area contributed by atoms with Crippen LogP contribution >= 0.6 is 11.6 Å². The van der Waals surface area contributed by atoms with Gasteiger partial charge in [-0.15, -0.1) is 0 Å². The summed E-state index contributed by atoms with van der Waals surface area (Å²) in [4.78, 5) is 15.2. The zero-order valence-corrected chi connectivity index (χ0v) is 12.6. The molecule has 0 saturated carbocycles. The van der Waals surface area contributed by atoms with Crippen molar-refractivity contribution in [2.75, 3.05) is 5.73 Å². The lowest BCUT2D eigenvalue weighted by Crippen LogP contribution is -2.22. The molecule has 0 bridgehead atoms. The number of hydrogen-bond acceptors (Lipinski definition) is 5. The molecule has 0 amide bonds. The van der Waals surface area contributed by atoms with Crippen molar-refractivity contribution in [2.24, 2.45) is 0 Å². The highest BCUT2D eigenvalue weighted by atomic mass is 35.5. The third kappa shape index (κ3) is 2.38. The van der Waals surface area contributed by atoms with E-state index in [0.29, 0.717) is 21.6 Å². The maximum atomic E-state index is 14.0. The average Bonchev–Trinajstić information content (AvgIpc) is 2.83. The Kier molecular flexibility index (Phi) is 3.26. The normalized spacial score (nSPS) is 12.0. The summed E-state index contributed by atoms with van der Waals surface area (Å²) < 4.78 is 14.0. The first-order valence-corrected chi connectivity index (χ1v) is 6.84. The van der Waals surface area contributed by atoms with E-state index in [1.54, 1.807) is 12.3 Å². The van der Waals surface area contributed by atoms with Crippen molar-refractivity contribution in [3.63, 3.8) is 0 Å². The molecule has 0 aliphatic heterocycles. The molecule has 0 atom stereocenters. The number of aliphatic hydroxyl groups is 1. The van der Waals surface area contributed by atoms with Crippen LogP contribution in [0.5, 0.6) is 0 Å². The van der Waals surface area contributed by atoms with Crippen molar-refractivity contribution in [3.05, 3.63) is 35.0 Å². The fourth-order valence-electron chi connectivity index (χ4n) is 2.15. The first-order chi connectivity index (χ1) is 10.3. The van der Waals surface area contributed by atoms with Gasteiger partial charge in [0.25, 0.3) is 0 Å². The van der Waals surface area contributed by atoms with Gasteiger partial charge < -0.3 is 15.8 Å². The Morgan fingerprint density at radius 1 is 1.36 bits per heavy atom. The lowest BCUT2D eigenvalue weighted by molar-refractivity contribution is 0.0695. The number of H-pyrrole nitrogens is 1. The van der Waals surface area contributed by atoms with Gasteiger partial charge in [0.05, 0.1) is 5.02 Å². The molecule has 0 spiro atoms. The largest absolute Gasteiger partial charge is 0.384 e. The second-order valence-corrected chi connectivity index (χ2v) is 5.84. The van der Waals surface area contributed by atoms with E-state index in [0.717, 1.165) is 0 Å². The Labute approximate surface area is 130 Å². The molecule has 8 heteroatoms. The lowest BCUT2D eigenvalue weighted by Gasteiger charge is -2.18. The maximum absolute atomic E-state index is 14.0. The van der Waals surface area contributed by atoms with Crippen LogP contribution in [0.3, 0.4) is 0 Å². The van der Waals surface area contributed by atoms with Crippen LogP contribution in [0.2, 0.25) is 5.02 Å². The van der Waals surface area contributed by atoms with E-state index in [4.69, 9.17) is 17.3 Å². The van der Waals surface area contributed by atoms with Gasteiger partial charge in [-0.05, 0) is 19.9 Å². The third-order valence-corrected chi connectivity index (χ3v) is 3.40. The molecule has 3 aromatic heterocycles. The molecule has 3 rings (SSSR count). The predicted octanol–water partition coefficient (Wildman–Crippen LogP) is 2.62. The molecule has 0 aromatic carbocycles. The molecule has 0 aliphatic rings. The first-order valence-electron chi connectivity index (χ1n) is 6.46. The van der Waals surface area contributed by atoms with Crippen LogP contribution < -0.4 is 5.73 Å². The molecule has 0 saturated heterocycles. The first kappa shape index (κ1) is 14.7. The Hall–Kier alpha value is -2.25. The van der Waals surface area contributed by atoms with Crippen LogP contribution in [0.1, 0.15) is 19.5 Å². The number of fused-ring (bicyclic) bond motifs is 1. The molecule has 3 heterocycles. The number of aromatic amines is 1. The SMILES string of the molecule is CC(C)(O)c1nc(-c2c[nH]c3ncc(Cl)cc23)nc(N)c1F. The highest BCUT2D eigenvalue weighted by Crippen LogP contribution is 2.31. The standard InChI is InChI=1S/C14H13ClFN5O/c1-14(2,22)10-9(16)11(17)21-13(20-10)8-5-19-12-7(8)3-6(15)4-18-12/h3-5,22H,1-2H3,(H,18,19)(H2,17,20,21). The average molecular weight is 322 g/mol. The van der Waals surface area contributed by atoms with Crippen molar-refractivity contribution in [1.82, 2.24) is 19.9 Å². The third-order valence-electron chi connectivity index (χ3n) is 3.19. The highest BCUT2D eigenvalue weighted by molar-refractivity contribution is 6.31. The zero-order chi connectivity index (χ0) is 16.1. The number of aromatic nitrogens is 4. The summed E-state index contributed by atoms with van der Waals surface area (Å²) >= 11 is 5.95. The Morgan fingerprint density at radius 3 is 2.77 bits per heavy atom. The van der Waals surface area contributed by atoms with Gasteiger partial charge in [-0.25, -0.2) is 19.3 Å². The predicted molar refractivity (Wildman–Crippen MR) is 81.7 cm³/mol. The lowest BCUT2D eigenvalue weighted by atomic mass is 10.0. The van der Waals surface area contributed by atoms with Crippen LogP contribution in [-0.4, -0.2) is 25.0 Å². The van der Waals surface area contributed by atoms with Crippen LogP contribution in [-0.2, 0) is 5.60 Å². The topological polar surface area (TPSA) is 101 Å². The monoisotopic (exact) mass is 321 g/mol. The minimum atomic E-state index is -1.49. The number of pyridine rings is 1. The summed E-state index contributed by atoms with van der Waals surface area (Å²) in [6, 6.07) is 1.70. The molecule has 0 fully saturated rings. The van der Waals surface area contributed by atoms with E-state index in [1.807, 2.05) is 0 Å². The zero-order valence-electron chi connectivity index (χ0n) is 11.9. The molecular formula is C14H13ClFN5O. The van der Waals surface area contributed by atoms with Crippen LogP contribution in [0.25, 0.3) is 22.4 Å². The fraction of sp³-hybridized carbons (Fsp3) is 0.214. The summed E-state index contributed by atoms with van der Waals surface area (Å²) in [6.45, 7) is 2.85. The minimum Gasteiger partial charge on any atom is -0.384 e. The molecule has 0 radical (unpaired) electrons. The Balaban J connectivity index is 2.27. The molecule has 4 N–H and O–H groups in total. The highest BCUT2D eigenvalue weighted by Gasteiger charge is 2.26. The second kappa shape index (κ2) is 4.89. The molecule has 3 aromatic rings. The van der Waals surface area contributed by atoms with Gasteiger partial charge >= 0.3 is 0 Å². The van der Waals surface area contributed by atoms with Gasteiger partial charge in [0.1, 0.15) is 16.9 Å². The molecule has 6 nitrogen and oxygen atoms in total. The number of rotatable bonds is 2.